The van der Waals surface area contributed by atoms with Crippen molar-refractivity contribution in [2.75, 3.05) is 6.61 Å². The van der Waals surface area contributed by atoms with E-state index in [1.54, 1.807) is 6.92 Å². The number of rotatable bonds is 9. The topological polar surface area (TPSA) is 93.1 Å². The minimum atomic E-state index is -2.50. The van der Waals surface area contributed by atoms with E-state index in [9.17, 15) is 19.8 Å². The van der Waals surface area contributed by atoms with Crippen molar-refractivity contribution in [1.29, 1.82) is 0 Å². The molecule has 0 fully saturated rings. The van der Waals surface area contributed by atoms with Crippen LogP contribution in [-0.2, 0) is 19.1 Å². The summed E-state index contributed by atoms with van der Waals surface area (Å²) in [5.41, 5.74) is 0.422. The molecule has 0 spiro atoms. The van der Waals surface area contributed by atoms with Gasteiger partial charge in [0.05, 0.1) is 6.61 Å². The molecule has 0 aromatic rings. The van der Waals surface area contributed by atoms with Gasteiger partial charge in [0.25, 0.3) is 0 Å². The molecule has 0 aliphatic carbocycles. The summed E-state index contributed by atoms with van der Waals surface area (Å²) in [5, 5.41) is 18.9. The first-order valence-corrected chi connectivity index (χ1v) is 6.32. The molecular weight excluding hydrogens is 264 g/mol. The SMILES string of the molecule is C=C(C)C(=O)OCCCCCC(O)(O)OC(=O)C(=C)C. The maximum atomic E-state index is 11.1. The first kappa shape index (κ1) is 18.3. The standard InChI is InChI=1S/C14H22O6/c1-10(2)12(15)19-9-7-5-6-8-14(17,18)20-13(16)11(3)4/h17-18H,1,3,5-9H2,2,4H3. The van der Waals surface area contributed by atoms with E-state index >= 15 is 0 Å². The Kier molecular flexibility index (Phi) is 7.79. The molecule has 0 radical (unpaired) electrons. The maximum absolute atomic E-state index is 11.1. The van der Waals surface area contributed by atoms with Gasteiger partial charge in [-0.3, -0.25) is 0 Å². The van der Waals surface area contributed by atoms with Gasteiger partial charge >= 0.3 is 17.9 Å². The van der Waals surface area contributed by atoms with Crippen LogP contribution in [0.25, 0.3) is 0 Å². The fourth-order valence-electron chi connectivity index (χ4n) is 1.21. The minimum absolute atomic E-state index is 0.0872. The second-order valence-electron chi connectivity index (χ2n) is 4.64. The number of hydrogen-bond acceptors (Lipinski definition) is 6. The van der Waals surface area contributed by atoms with E-state index in [0.29, 0.717) is 24.8 Å². The average Bonchev–Trinajstić information content (AvgIpc) is 2.32. The molecule has 114 valence electrons. The molecule has 0 unspecified atom stereocenters. The summed E-state index contributed by atoms with van der Waals surface area (Å²) < 4.78 is 9.32. The Morgan fingerprint density at radius 3 is 2.05 bits per heavy atom. The van der Waals surface area contributed by atoms with Gasteiger partial charge in [-0.25, -0.2) is 9.59 Å². The predicted octanol–water partition coefficient (Wildman–Crippen LogP) is 1.42. The summed E-state index contributed by atoms with van der Waals surface area (Å²) in [6.45, 7) is 9.99. The van der Waals surface area contributed by atoms with Crippen LogP contribution in [0.5, 0.6) is 0 Å². The summed E-state index contributed by atoms with van der Waals surface area (Å²) in [6, 6.07) is 0. The van der Waals surface area contributed by atoms with E-state index in [-0.39, 0.29) is 18.6 Å². The van der Waals surface area contributed by atoms with Crippen LogP contribution in [0, 0.1) is 0 Å². The smallest absolute Gasteiger partial charge is 0.337 e. The van der Waals surface area contributed by atoms with Crippen molar-refractivity contribution in [3.05, 3.63) is 24.3 Å². The molecule has 0 heterocycles. The first-order valence-electron chi connectivity index (χ1n) is 6.32. The van der Waals surface area contributed by atoms with Crippen LogP contribution in [0.15, 0.2) is 24.3 Å². The summed E-state index contributed by atoms with van der Waals surface area (Å²) in [6.07, 6.45) is 1.45. The fourth-order valence-corrected chi connectivity index (χ4v) is 1.21. The molecule has 0 atom stereocenters. The number of hydrogen-bond donors (Lipinski definition) is 2. The van der Waals surface area contributed by atoms with Crippen molar-refractivity contribution >= 4 is 11.9 Å². The molecule has 0 amide bonds. The lowest BCUT2D eigenvalue weighted by Gasteiger charge is -2.21. The Morgan fingerprint density at radius 1 is 1.00 bits per heavy atom. The highest BCUT2D eigenvalue weighted by molar-refractivity contribution is 5.87. The highest BCUT2D eigenvalue weighted by Crippen LogP contribution is 2.15. The van der Waals surface area contributed by atoms with Crippen LogP contribution >= 0.6 is 0 Å². The van der Waals surface area contributed by atoms with E-state index in [1.165, 1.54) is 6.92 Å². The van der Waals surface area contributed by atoms with Gasteiger partial charge in [-0.15, -0.1) is 0 Å². The van der Waals surface area contributed by atoms with E-state index in [4.69, 9.17) is 4.74 Å². The Morgan fingerprint density at radius 2 is 1.55 bits per heavy atom. The molecule has 0 saturated carbocycles. The van der Waals surface area contributed by atoms with Crippen molar-refractivity contribution in [3.63, 3.8) is 0 Å². The molecule has 0 saturated heterocycles. The van der Waals surface area contributed by atoms with Gasteiger partial charge < -0.3 is 19.7 Å². The number of esters is 2. The zero-order valence-corrected chi connectivity index (χ0v) is 12.0. The number of carbonyl (C=O) groups excluding carboxylic acids is 2. The monoisotopic (exact) mass is 286 g/mol. The number of unbranched alkanes of at least 4 members (excludes halogenated alkanes) is 2. The van der Waals surface area contributed by atoms with Crippen LogP contribution < -0.4 is 0 Å². The average molecular weight is 286 g/mol. The Balaban J connectivity index is 3.78. The van der Waals surface area contributed by atoms with Crippen molar-refractivity contribution in [2.45, 2.75) is 45.5 Å². The zero-order valence-electron chi connectivity index (χ0n) is 12.0. The van der Waals surface area contributed by atoms with E-state index in [2.05, 4.69) is 17.9 Å². The van der Waals surface area contributed by atoms with E-state index in [1.807, 2.05) is 0 Å². The largest absolute Gasteiger partial charge is 0.462 e. The van der Waals surface area contributed by atoms with E-state index in [0.717, 1.165) is 0 Å². The van der Waals surface area contributed by atoms with Crippen molar-refractivity contribution in [3.8, 4) is 0 Å². The van der Waals surface area contributed by atoms with Crippen molar-refractivity contribution in [2.24, 2.45) is 0 Å². The molecule has 6 nitrogen and oxygen atoms in total. The zero-order chi connectivity index (χ0) is 15.8. The van der Waals surface area contributed by atoms with Crippen molar-refractivity contribution in [1.82, 2.24) is 0 Å². The Hall–Kier alpha value is -1.66. The summed E-state index contributed by atoms with van der Waals surface area (Å²) >= 11 is 0. The van der Waals surface area contributed by atoms with Gasteiger partial charge in [-0.1, -0.05) is 13.2 Å². The van der Waals surface area contributed by atoms with Gasteiger partial charge in [0.1, 0.15) is 0 Å². The summed E-state index contributed by atoms with van der Waals surface area (Å²) in [5.74, 6) is -3.80. The first-order chi connectivity index (χ1) is 9.15. The molecule has 0 aromatic carbocycles. The fraction of sp³-hybridized carbons (Fsp3) is 0.571. The summed E-state index contributed by atoms with van der Waals surface area (Å²) in [4.78, 5) is 22.2. The van der Waals surface area contributed by atoms with Crippen LogP contribution in [0.2, 0.25) is 0 Å². The second kappa shape index (κ2) is 8.50. The van der Waals surface area contributed by atoms with Crippen molar-refractivity contribution < 1.29 is 29.3 Å². The van der Waals surface area contributed by atoms with Crippen LogP contribution in [0.4, 0.5) is 0 Å². The van der Waals surface area contributed by atoms with Gasteiger partial charge in [-0.2, -0.15) is 0 Å². The lowest BCUT2D eigenvalue weighted by atomic mass is 10.2. The summed E-state index contributed by atoms with van der Waals surface area (Å²) in [7, 11) is 0. The predicted molar refractivity (Wildman–Crippen MR) is 72.3 cm³/mol. The third-order valence-electron chi connectivity index (χ3n) is 2.33. The molecule has 6 heteroatoms. The number of ether oxygens (including phenoxy) is 2. The maximum Gasteiger partial charge on any atom is 0.337 e. The number of carbonyl (C=O) groups is 2. The third-order valence-corrected chi connectivity index (χ3v) is 2.33. The minimum Gasteiger partial charge on any atom is -0.462 e. The lowest BCUT2D eigenvalue weighted by molar-refractivity contribution is -0.320. The molecule has 0 aromatic heterocycles. The van der Waals surface area contributed by atoms with E-state index < -0.39 is 17.9 Å². The molecule has 20 heavy (non-hydrogen) atoms. The molecular formula is C14H22O6. The van der Waals surface area contributed by atoms with Crippen LogP contribution in [-0.4, -0.2) is 34.7 Å². The Bertz CT molecular complexity index is 383. The van der Waals surface area contributed by atoms with Gasteiger partial charge in [-0.05, 0) is 33.1 Å². The van der Waals surface area contributed by atoms with Crippen LogP contribution in [0.3, 0.4) is 0 Å². The molecule has 2 N–H and O–H groups in total. The molecule has 0 aliphatic heterocycles. The Labute approximate surface area is 118 Å². The molecule has 0 aliphatic rings. The van der Waals surface area contributed by atoms with Gasteiger partial charge in [0, 0.05) is 17.6 Å². The normalized spacial score (nSPS) is 10.8. The van der Waals surface area contributed by atoms with Gasteiger partial charge in [0.2, 0.25) is 0 Å². The third kappa shape index (κ3) is 8.44. The highest BCUT2D eigenvalue weighted by Gasteiger charge is 2.27. The highest BCUT2D eigenvalue weighted by atomic mass is 16.8. The second-order valence-corrected chi connectivity index (χ2v) is 4.64. The number of aliphatic hydroxyl groups is 2. The lowest BCUT2D eigenvalue weighted by Crippen LogP contribution is -2.34. The van der Waals surface area contributed by atoms with Gasteiger partial charge in [0.15, 0.2) is 0 Å². The molecule has 0 bridgehead atoms. The van der Waals surface area contributed by atoms with Crippen LogP contribution in [0.1, 0.15) is 39.5 Å². The quantitative estimate of drug-likeness (QED) is 0.288. The molecule has 0 rings (SSSR count).